The van der Waals surface area contributed by atoms with Crippen LogP contribution in [0.15, 0.2) is 22.3 Å². The van der Waals surface area contributed by atoms with Crippen molar-refractivity contribution < 1.29 is 19.4 Å². The molecule has 32 heavy (non-hydrogen) atoms. The SMILES string of the molecule is CCC1=C(C(C)(C)COCCO)C=C(NC(=O)C(C)(C)N(C)C2CCOCC2)S(C)(C)C1. The van der Waals surface area contributed by atoms with Gasteiger partial charge in [0.25, 0.3) is 0 Å². The Balaban J connectivity index is 2.27. The number of aliphatic hydroxyl groups is 1. The Morgan fingerprint density at radius 2 is 1.91 bits per heavy atom. The summed E-state index contributed by atoms with van der Waals surface area (Å²) in [6.45, 7) is 13.0. The van der Waals surface area contributed by atoms with Gasteiger partial charge in [-0.2, -0.15) is 0 Å². The first kappa shape index (κ1) is 27.4. The predicted molar refractivity (Wildman–Crippen MR) is 135 cm³/mol. The summed E-state index contributed by atoms with van der Waals surface area (Å²) in [6, 6.07) is 0.356. The van der Waals surface area contributed by atoms with E-state index in [1.807, 2.05) is 13.8 Å². The minimum atomic E-state index is -1.16. The Morgan fingerprint density at radius 3 is 2.47 bits per heavy atom. The summed E-state index contributed by atoms with van der Waals surface area (Å²) in [5.41, 5.74) is 1.89. The average Bonchev–Trinajstić information content (AvgIpc) is 2.74. The van der Waals surface area contributed by atoms with Crippen LogP contribution in [0.1, 0.15) is 53.9 Å². The maximum absolute atomic E-state index is 13.5. The fourth-order valence-electron chi connectivity index (χ4n) is 4.55. The molecular weight excluding hydrogens is 424 g/mol. The third-order valence-electron chi connectivity index (χ3n) is 7.05. The van der Waals surface area contributed by atoms with Crippen LogP contribution in [0, 0.1) is 5.41 Å². The topological polar surface area (TPSA) is 71.0 Å². The van der Waals surface area contributed by atoms with Crippen molar-refractivity contribution in [2.24, 2.45) is 5.41 Å². The monoisotopic (exact) mass is 470 g/mol. The summed E-state index contributed by atoms with van der Waals surface area (Å²) in [6.07, 6.45) is 9.71. The highest BCUT2D eigenvalue weighted by molar-refractivity contribution is 8.35. The van der Waals surface area contributed by atoms with Crippen LogP contribution in [0.4, 0.5) is 0 Å². The standard InChI is InChI=1S/C25H46N2O4S/c1-9-19-17-32(7,8)22(16-21(19)24(2,3)18-31-15-12-28)26-23(29)25(4,5)27(6)20-10-13-30-14-11-20/h16,20,28H,9-15,17-18H2,1-8H3,(H,26,29). The van der Waals surface area contributed by atoms with Crippen LogP contribution in [0.25, 0.3) is 0 Å². The second-order valence-corrected chi connectivity index (χ2v) is 14.5. The van der Waals surface area contributed by atoms with Gasteiger partial charge in [0, 0.05) is 30.4 Å². The molecule has 1 fully saturated rings. The molecule has 2 rings (SSSR count). The van der Waals surface area contributed by atoms with Crippen LogP contribution in [0.5, 0.6) is 0 Å². The molecular formula is C25H46N2O4S. The summed E-state index contributed by atoms with van der Waals surface area (Å²) in [5.74, 6) is 1.04. The Morgan fingerprint density at radius 1 is 1.28 bits per heavy atom. The molecule has 2 aliphatic heterocycles. The van der Waals surface area contributed by atoms with Gasteiger partial charge in [-0.25, -0.2) is 10.0 Å². The van der Waals surface area contributed by atoms with Crippen molar-refractivity contribution in [3.8, 4) is 0 Å². The molecule has 0 aromatic carbocycles. The van der Waals surface area contributed by atoms with Crippen molar-refractivity contribution in [1.29, 1.82) is 0 Å². The molecule has 0 aromatic rings. The van der Waals surface area contributed by atoms with Crippen molar-refractivity contribution in [2.75, 3.05) is 58.3 Å². The van der Waals surface area contributed by atoms with Crippen molar-refractivity contribution in [3.05, 3.63) is 22.3 Å². The lowest BCUT2D eigenvalue weighted by Gasteiger charge is -2.45. The molecule has 6 nitrogen and oxygen atoms in total. The Kier molecular flexibility index (Phi) is 9.45. The molecule has 0 spiro atoms. The first-order valence-corrected chi connectivity index (χ1v) is 14.4. The summed E-state index contributed by atoms with van der Waals surface area (Å²) in [5, 5.41) is 13.5. The highest BCUT2D eigenvalue weighted by Gasteiger charge is 2.39. The van der Waals surface area contributed by atoms with Crippen LogP contribution >= 0.6 is 10.0 Å². The molecule has 0 aromatic heterocycles. The van der Waals surface area contributed by atoms with Crippen LogP contribution in [-0.4, -0.2) is 85.8 Å². The van der Waals surface area contributed by atoms with Gasteiger partial charge in [0.1, 0.15) is 0 Å². The third-order valence-corrected chi connectivity index (χ3v) is 9.53. The van der Waals surface area contributed by atoms with Gasteiger partial charge >= 0.3 is 0 Å². The molecule has 0 bridgehead atoms. The van der Waals surface area contributed by atoms with E-state index in [-0.39, 0.29) is 17.9 Å². The molecule has 0 unspecified atom stereocenters. The average molecular weight is 471 g/mol. The number of nitrogens with one attached hydrogen (secondary N) is 1. The van der Waals surface area contributed by atoms with E-state index in [0.29, 0.717) is 19.3 Å². The lowest BCUT2D eigenvalue weighted by molar-refractivity contribution is -0.132. The Labute approximate surface area is 197 Å². The number of amides is 1. The van der Waals surface area contributed by atoms with Gasteiger partial charge in [-0.15, -0.1) is 0 Å². The van der Waals surface area contributed by atoms with Crippen LogP contribution in [0.2, 0.25) is 0 Å². The van der Waals surface area contributed by atoms with Gasteiger partial charge in [0.2, 0.25) is 5.91 Å². The molecule has 2 heterocycles. The predicted octanol–water partition coefficient (Wildman–Crippen LogP) is 3.65. The van der Waals surface area contributed by atoms with E-state index in [1.54, 1.807) is 0 Å². The first-order valence-electron chi connectivity index (χ1n) is 11.8. The second kappa shape index (κ2) is 11.0. The molecule has 2 N–H and O–H groups in total. The smallest absolute Gasteiger partial charge is 0.244 e. The van der Waals surface area contributed by atoms with Crippen molar-refractivity contribution >= 4 is 15.9 Å². The number of likely N-dealkylation sites (N-methyl/N-ethyl adjacent to an activating group) is 1. The summed E-state index contributed by atoms with van der Waals surface area (Å²) >= 11 is 0. The van der Waals surface area contributed by atoms with E-state index in [2.05, 4.69) is 56.6 Å². The third kappa shape index (κ3) is 6.38. The summed E-state index contributed by atoms with van der Waals surface area (Å²) in [4.78, 5) is 15.8. The van der Waals surface area contributed by atoms with E-state index < -0.39 is 15.6 Å². The largest absolute Gasteiger partial charge is 0.394 e. The Hall–Kier alpha value is -0.860. The maximum Gasteiger partial charge on any atom is 0.244 e. The molecule has 1 saturated heterocycles. The normalized spacial score (nSPS) is 21.5. The minimum absolute atomic E-state index is 0.0276. The zero-order valence-electron chi connectivity index (χ0n) is 21.5. The molecule has 0 saturated carbocycles. The van der Waals surface area contributed by atoms with Gasteiger partial charge in [-0.3, -0.25) is 9.69 Å². The van der Waals surface area contributed by atoms with E-state index in [4.69, 9.17) is 14.6 Å². The van der Waals surface area contributed by atoms with Crippen molar-refractivity contribution in [1.82, 2.24) is 10.2 Å². The molecule has 186 valence electrons. The van der Waals surface area contributed by atoms with Gasteiger partial charge < -0.3 is 19.9 Å². The van der Waals surface area contributed by atoms with Crippen LogP contribution in [0.3, 0.4) is 0 Å². The van der Waals surface area contributed by atoms with Crippen LogP contribution < -0.4 is 5.32 Å². The van der Waals surface area contributed by atoms with E-state index in [9.17, 15) is 4.79 Å². The zero-order valence-corrected chi connectivity index (χ0v) is 22.4. The fraction of sp³-hybridized carbons (Fsp3) is 0.800. The minimum Gasteiger partial charge on any atom is -0.394 e. The van der Waals surface area contributed by atoms with Gasteiger partial charge in [-0.05, 0) is 64.3 Å². The quantitative estimate of drug-likeness (QED) is 0.477. The zero-order chi connectivity index (χ0) is 24.2. The van der Waals surface area contributed by atoms with Crippen molar-refractivity contribution in [3.63, 3.8) is 0 Å². The number of carbonyl (C=O) groups is 1. The number of rotatable bonds is 10. The second-order valence-electron chi connectivity index (χ2n) is 10.7. The molecule has 7 heteroatoms. The highest BCUT2D eigenvalue weighted by Crippen LogP contribution is 2.54. The molecule has 2 aliphatic rings. The van der Waals surface area contributed by atoms with Crippen LogP contribution in [-0.2, 0) is 14.3 Å². The molecule has 1 amide bonds. The number of allylic oxidation sites excluding steroid dienone is 1. The van der Waals surface area contributed by atoms with E-state index >= 15 is 0 Å². The number of hydrogen-bond donors (Lipinski definition) is 2. The maximum atomic E-state index is 13.5. The Bertz CT molecular complexity index is 721. The first-order chi connectivity index (χ1) is 14.9. The fourth-order valence-corrected chi connectivity index (χ4v) is 6.74. The molecule has 0 radical (unpaired) electrons. The molecule has 0 atom stereocenters. The van der Waals surface area contributed by atoms with E-state index in [0.717, 1.165) is 43.3 Å². The number of ether oxygens (including phenoxy) is 2. The number of carbonyl (C=O) groups excluding carboxylic acids is 1. The van der Waals surface area contributed by atoms with E-state index in [1.165, 1.54) is 11.1 Å². The lowest BCUT2D eigenvalue weighted by atomic mass is 9.81. The lowest BCUT2D eigenvalue weighted by Crippen LogP contribution is -2.57. The summed E-state index contributed by atoms with van der Waals surface area (Å²) in [7, 11) is 0.903. The van der Waals surface area contributed by atoms with Crippen molar-refractivity contribution in [2.45, 2.75) is 65.5 Å². The summed E-state index contributed by atoms with van der Waals surface area (Å²) < 4.78 is 11.2. The van der Waals surface area contributed by atoms with Gasteiger partial charge in [-0.1, -0.05) is 26.3 Å². The van der Waals surface area contributed by atoms with Gasteiger partial charge in [0.15, 0.2) is 0 Å². The number of hydrogen-bond acceptors (Lipinski definition) is 5. The molecule has 0 aliphatic carbocycles. The van der Waals surface area contributed by atoms with Gasteiger partial charge in [0.05, 0.1) is 30.4 Å². The highest BCUT2D eigenvalue weighted by atomic mass is 32.3. The number of nitrogens with zero attached hydrogens (tertiary/aromatic N) is 1. The number of aliphatic hydroxyl groups excluding tert-OH is 1.